The Labute approximate surface area is 157 Å². The maximum absolute atomic E-state index is 5.76. The van der Waals surface area contributed by atoms with Crippen molar-refractivity contribution in [2.24, 2.45) is 0 Å². The zero-order chi connectivity index (χ0) is 17.9. The van der Waals surface area contributed by atoms with E-state index in [1.54, 1.807) is 17.5 Å². The first kappa shape index (κ1) is 18.2. The van der Waals surface area contributed by atoms with Gasteiger partial charge in [0.15, 0.2) is 5.13 Å². The lowest BCUT2D eigenvalue weighted by atomic mass is 10.2. The summed E-state index contributed by atoms with van der Waals surface area (Å²) in [6.07, 6.45) is 1.78. The molecule has 0 bridgehead atoms. The van der Waals surface area contributed by atoms with Gasteiger partial charge in [-0.05, 0) is 29.8 Å². The van der Waals surface area contributed by atoms with E-state index in [-0.39, 0.29) is 0 Å². The van der Waals surface area contributed by atoms with Gasteiger partial charge in [0.2, 0.25) is 0 Å². The highest BCUT2D eigenvalue weighted by atomic mass is 32.1. The Hall–Kier alpha value is -2.57. The number of nitrogens with zero attached hydrogens (tertiary/aromatic N) is 1. The molecular weight excluding hydrogens is 348 g/mol. The molecule has 0 aliphatic carbocycles. The molecule has 0 radical (unpaired) electrons. The van der Waals surface area contributed by atoms with E-state index in [0.717, 1.165) is 28.7 Å². The molecule has 2 aromatic carbocycles. The van der Waals surface area contributed by atoms with Crippen molar-refractivity contribution in [2.45, 2.75) is 6.61 Å². The lowest BCUT2D eigenvalue weighted by Gasteiger charge is -2.09. The number of benzene rings is 2. The number of ether oxygens (including phenoxy) is 3. The minimum absolute atomic E-state index is 0.515. The van der Waals surface area contributed by atoms with Crippen molar-refractivity contribution in [3.63, 3.8) is 0 Å². The van der Waals surface area contributed by atoms with Gasteiger partial charge in [-0.15, -0.1) is 11.3 Å². The predicted octanol–water partition coefficient (Wildman–Crippen LogP) is 4.23. The van der Waals surface area contributed by atoms with Gasteiger partial charge in [-0.25, -0.2) is 4.98 Å². The molecule has 0 saturated carbocycles. The number of thiazole rings is 1. The van der Waals surface area contributed by atoms with Gasteiger partial charge in [-0.2, -0.15) is 0 Å². The Balaban J connectivity index is 1.27. The molecular formula is C20H22N2O3S. The molecule has 1 N–H and O–H groups in total. The molecule has 0 saturated heterocycles. The normalized spacial score (nSPS) is 10.5. The van der Waals surface area contributed by atoms with Gasteiger partial charge in [0.25, 0.3) is 0 Å². The van der Waals surface area contributed by atoms with Crippen LogP contribution in [0.5, 0.6) is 11.5 Å². The molecule has 1 aromatic heterocycles. The fourth-order valence-electron chi connectivity index (χ4n) is 2.23. The van der Waals surface area contributed by atoms with E-state index in [1.807, 2.05) is 60.0 Å². The molecule has 136 valence electrons. The van der Waals surface area contributed by atoms with E-state index in [4.69, 9.17) is 14.2 Å². The molecule has 0 aliphatic heterocycles. The molecule has 0 aliphatic rings. The number of anilines is 1. The van der Waals surface area contributed by atoms with E-state index < -0.39 is 0 Å². The zero-order valence-electron chi connectivity index (χ0n) is 14.5. The summed E-state index contributed by atoms with van der Waals surface area (Å²) in [6.45, 7) is 2.98. The zero-order valence-corrected chi connectivity index (χ0v) is 15.3. The largest absolute Gasteiger partial charge is 0.491 e. The maximum atomic E-state index is 5.76. The molecule has 0 unspecified atom stereocenters. The summed E-state index contributed by atoms with van der Waals surface area (Å²) >= 11 is 1.58. The summed E-state index contributed by atoms with van der Waals surface area (Å²) in [5.74, 6) is 1.63. The van der Waals surface area contributed by atoms with Crippen LogP contribution in [0.1, 0.15) is 5.56 Å². The SMILES string of the molecule is c1ccc(COc2ccc(OCCOCCNc3nccs3)cc2)cc1. The first-order chi connectivity index (χ1) is 12.9. The van der Waals surface area contributed by atoms with Crippen LogP contribution >= 0.6 is 11.3 Å². The maximum Gasteiger partial charge on any atom is 0.182 e. The number of nitrogens with one attached hydrogen (secondary N) is 1. The van der Waals surface area contributed by atoms with Gasteiger partial charge in [-0.1, -0.05) is 30.3 Å². The average Bonchev–Trinajstić information content (AvgIpc) is 3.21. The summed E-state index contributed by atoms with van der Waals surface area (Å²) < 4.78 is 17.0. The third-order valence-electron chi connectivity index (χ3n) is 3.52. The van der Waals surface area contributed by atoms with Gasteiger partial charge in [0, 0.05) is 18.1 Å². The smallest absolute Gasteiger partial charge is 0.182 e. The highest BCUT2D eigenvalue weighted by molar-refractivity contribution is 7.13. The highest BCUT2D eigenvalue weighted by Gasteiger charge is 1.98. The second-order valence-corrected chi connectivity index (χ2v) is 6.37. The standard InChI is InChI=1S/C20H22N2O3S/c1-2-4-17(5-3-1)16-25-19-8-6-18(7-9-19)24-14-13-23-12-10-21-20-22-11-15-26-20/h1-9,11,15H,10,12-14,16H2,(H,21,22). The Morgan fingerprint density at radius 3 is 2.35 bits per heavy atom. The number of hydrogen-bond donors (Lipinski definition) is 1. The van der Waals surface area contributed by atoms with Crippen LogP contribution in [-0.2, 0) is 11.3 Å². The van der Waals surface area contributed by atoms with Crippen LogP contribution in [-0.4, -0.2) is 31.3 Å². The van der Waals surface area contributed by atoms with Gasteiger partial charge >= 0.3 is 0 Å². The van der Waals surface area contributed by atoms with Gasteiger partial charge < -0.3 is 19.5 Å². The highest BCUT2D eigenvalue weighted by Crippen LogP contribution is 2.18. The van der Waals surface area contributed by atoms with E-state index in [2.05, 4.69) is 10.3 Å². The average molecular weight is 370 g/mol. The Morgan fingerprint density at radius 2 is 1.62 bits per heavy atom. The Morgan fingerprint density at radius 1 is 0.846 bits per heavy atom. The van der Waals surface area contributed by atoms with E-state index in [9.17, 15) is 0 Å². The van der Waals surface area contributed by atoms with Crippen LogP contribution in [0.15, 0.2) is 66.2 Å². The summed E-state index contributed by atoms with van der Waals surface area (Å²) in [6, 6.07) is 17.7. The molecule has 1 heterocycles. The van der Waals surface area contributed by atoms with E-state index in [1.165, 1.54) is 0 Å². The molecule has 0 atom stereocenters. The summed E-state index contributed by atoms with van der Waals surface area (Å²) in [7, 11) is 0. The second-order valence-electron chi connectivity index (χ2n) is 5.47. The lowest BCUT2D eigenvalue weighted by Crippen LogP contribution is -2.13. The van der Waals surface area contributed by atoms with Crippen molar-refractivity contribution in [1.29, 1.82) is 0 Å². The van der Waals surface area contributed by atoms with Crippen molar-refractivity contribution >= 4 is 16.5 Å². The van der Waals surface area contributed by atoms with Gasteiger partial charge in [-0.3, -0.25) is 0 Å². The molecule has 6 heteroatoms. The third-order valence-corrected chi connectivity index (χ3v) is 4.25. The van der Waals surface area contributed by atoms with Crippen molar-refractivity contribution < 1.29 is 14.2 Å². The molecule has 0 spiro atoms. The molecule has 5 nitrogen and oxygen atoms in total. The Bertz CT molecular complexity index is 734. The second kappa shape index (κ2) is 10.4. The summed E-state index contributed by atoms with van der Waals surface area (Å²) in [4.78, 5) is 4.14. The van der Waals surface area contributed by atoms with Crippen LogP contribution in [0.25, 0.3) is 0 Å². The van der Waals surface area contributed by atoms with Crippen LogP contribution in [0.3, 0.4) is 0 Å². The fourth-order valence-corrected chi connectivity index (χ4v) is 2.79. The molecule has 3 rings (SSSR count). The topological polar surface area (TPSA) is 52.6 Å². The molecule has 3 aromatic rings. The quantitative estimate of drug-likeness (QED) is 0.512. The van der Waals surface area contributed by atoms with Crippen LogP contribution in [0.2, 0.25) is 0 Å². The van der Waals surface area contributed by atoms with Crippen LogP contribution < -0.4 is 14.8 Å². The van der Waals surface area contributed by atoms with E-state index >= 15 is 0 Å². The molecule has 26 heavy (non-hydrogen) atoms. The predicted molar refractivity (Wildman–Crippen MR) is 104 cm³/mol. The Kier molecular flexibility index (Phi) is 7.31. The number of rotatable bonds is 11. The van der Waals surface area contributed by atoms with Gasteiger partial charge in [0.1, 0.15) is 24.7 Å². The van der Waals surface area contributed by atoms with Crippen molar-refractivity contribution in [3.05, 3.63) is 71.7 Å². The van der Waals surface area contributed by atoms with E-state index in [0.29, 0.717) is 26.4 Å². The monoisotopic (exact) mass is 370 g/mol. The summed E-state index contributed by atoms with van der Waals surface area (Å²) in [5, 5.41) is 6.05. The third kappa shape index (κ3) is 6.38. The molecule has 0 amide bonds. The minimum Gasteiger partial charge on any atom is -0.491 e. The first-order valence-electron chi connectivity index (χ1n) is 8.51. The minimum atomic E-state index is 0.515. The van der Waals surface area contributed by atoms with Crippen LogP contribution in [0, 0.1) is 0 Å². The number of aromatic nitrogens is 1. The fraction of sp³-hybridized carbons (Fsp3) is 0.250. The van der Waals surface area contributed by atoms with Crippen molar-refractivity contribution in [3.8, 4) is 11.5 Å². The number of hydrogen-bond acceptors (Lipinski definition) is 6. The summed E-state index contributed by atoms with van der Waals surface area (Å²) in [5.41, 5.74) is 1.15. The molecule has 0 fully saturated rings. The van der Waals surface area contributed by atoms with Crippen LogP contribution in [0.4, 0.5) is 5.13 Å². The lowest BCUT2D eigenvalue weighted by molar-refractivity contribution is 0.107. The van der Waals surface area contributed by atoms with Crippen molar-refractivity contribution in [2.75, 3.05) is 31.7 Å². The van der Waals surface area contributed by atoms with Gasteiger partial charge in [0.05, 0.1) is 13.2 Å². The van der Waals surface area contributed by atoms with Crippen molar-refractivity contribution in [1.82, 2.24) is 4.98 Å². The first-order valence-corrected chi connectivity index (χ1v) is 9.39.